The van der Waals surface area contributed by atoms with E-state index in [2.05, 4.69) is 11.8 Å². The Morgan fingerprint density at radius 2 is 2.06 bits per heavy atom. The van der Waals surface area contributed by atoms with Crippen LogP contribution in [0.15, 0.2) is 29.8 Å². The molecule has 1 aromatic rings. The molecule has 0 saturated heterocycles. The maximum absolute atomic E-state index is 10.7. The minimum absolute atomic E-state index is 0.260. The molecule has 0 atom stereocenters. The molecule has 0 amide bonds. The third kappa shape index (κ3) is 3.63. The number of nitriles is 1. The lowest BCUT2D eigenvalue weighted by atomic mass is 10.1. The zero-order valence-electron chi connectivity index (χ0n) is 10.6. The number of carboxylic acids is 1. The minimum atomic E-state index is -1.20. The Kier molecular flexibility index (Phi) is 4.94. The first-order valence-corrected chi connectivity index (χ1v) is 5.74. The molecule has 0 heterocycles. The fourth-order valence-corrected chi connectivity index (χ4v) is 1.60. The van der Waals surface area contributed by atoms with E-state index in [4.69, 9.17) is 10.4 Å². The number of hydrogen-bond acceptors (Lipinski definition) is 3. The highest BCUT2D eigenvalue weighted by Gasteiger charge is 2.05. The molecule has 18 heavy (non-hydrogen) atoms. The normalized spacial score (nSPS) is 10.8. The molecule has 0 saturated carbocycles. The SMILES string of the molecule is CCCN(C)c1ccc(/C=C(\C#N)C(=O)O)cc1. The van der Waals surface area contributed by atoms with Crippen LogP contribution in [-0.2, 0) is 4.79 Å². The Labute approximate surface area is 107 Å². The van der Waals surface area contributed by atoms with Gasteiger partial charge >= 0.3 is 5.97 Å². The predicted octanol–water partition coefficient (Wildman–Crippen LogP) is 2.52. The van der Waals surface area contributed by atoms with Gasteiger partial charge in [0.1, 0.15) is 11.6 Å². The van der Waals surface area contributed by atoms with Crippen molar-refractivity contribution in [1.82, 2.24) is 0 Å². The lowest BCUT2D eigenvalue weighted by Gasteiger charge is -2.18. The molecule has 0 unspecified atom stereocenters. The lowest BCUT2D eigenvalue weighted by molar-refractivity contribution is -0.132. The van der Waals surface area contributed by atoms with E-state index in [0.29, 0.717) is 5.56 Å². The summed E-state index contributed by atoms with van der Waals surface area (Å²) >= 11 is 0. The smallest absolute Gasteiger partial charge is 0.346 e. The van der Waals surface area contributed by atoms with E-state index >= 15 is 0 Å². The van der Waals surface area contributed by atoms with Gasteiger partial charge in [-0.1, -0.05) is 19.1 Å². The van der Waals surface area contributed by atoms with E-state index in [-0.39, 0.29) is 5.57 Å². The van der Waals surface area contributed by atoms with Crippen LogP contribution in [0.3, 0.4) is 0 Å². The first-order chi connectivity index (χ1) is 8.58. The predicted molar refractivity (Wildman–Crippen MR) is 71.2 cm³/mol. The van der Waals surface area contributed by atoms with Crippen LogP contribution < -0.4 is 4.90 Å². The molecule has 94 valence electrons. The second kappa shape index (κ2) is 6.45. The zero-order valence-corrected chi connectivity index (χ0v) is 10.6. The Balaban J connectivity index is 2.90. The standard InChI is InChI=1S/C14H16N2O2/c1-3-8-16(2)13-6-4-11(5-7-13)9-12(10-15)14(17)18/h4-7,9H,3,8H2,1-2H3,(H,17,18)/b12-9+. The van der Waals surface area contributed by atoms with E-state index in [1.165, 1.54) is 6.08 Å². The van der Waals surface area contributed by atoms with Gasteiger partial charge in [0.2, 0.25) is 0 Å². The van der Waals surface area contributed by atoms with E-state index in [1.807, 2.05) is 31.3 Å². The van der Waals surface area contributed by atoms with Crippen LogP contribution in [0.1, 0.15) is 18.9 Å². The van der Waals surface area contributed by atoms with E-state index < -0.39 is 5.97 Å². The molecule has 4 heteroatoms. The summed E-state index contributed by atoms with van der Waals surface area (Å²) in [5, 5.41) is 17.4. The highest BCUT2D eigenvalue weighted by atomic mass is 16.4. The molecule has 0 aromatic heterocycles. The number of aliphatic carboxylic acids is 1. The van der Waals surface area contributed by atoms with Gasteiger partial charge in [0, 0.05) is 19.3 Å². The van der Waals surface area contributed by atoms with E-state index in [1.54, 1.807) is 6.07 Å². The van der Waals surface area contributed by atoms with Crippen LogP contribution in [0.25, 0.3) is 6.08 Å². The highest BCUT2D eigenvalue weighted by Crippen LogP contribution is 2.16. The summed E-state index contributed by atoms with van der Waals surface area (Å²) in [6, 6.07) is 9.10. The van der Waals surface area contributed by atoms with Crippen molar-refractivity contribution in [3.63, 3.8) is 0 Å². The third-order valence-electron chi connectivity index (χ3n) is 2.55. The van der Waals surface area contributed by atoms with Crippen molar-refractivity contribution in [2.75, 3.05) is 18.5 Å². The molecule has 0 fully saturated rings. The molecule has 0 aliphatic carbocycles. The first-order valence-electron chi connectivity index (χ1n) is 5.74. The van der Waals surface area contributed by atoms with Crippen LogP contribution in [0.4, 0.5) is 5.69 Å². The summed E-state index contributed by atoms with van der Waals surface area (Å²) in [5.41, 5.74) is 1.52. The second-order valence-electron chi connectivity index (χ2n) is 3.99. The summed E-state index contributed by atoms with van der Waals surface area (Å²) in [4.78, 5) is 12.8. The van der Waals surface area contributed by atoms with Crippen molar-refractivity contribution in [1.29, 1.82) is 5.26 Å². The number of anilines is 1. The molecular weight excluding hydrogens is 228 g/mol. The molecule has 0 aliphatic rings. The fourth-order valence-electron chi connectivity index (χ4n) is 1.60. The monoisotopic (exact) mass is 244 g/mol. The summed E-state index contributed by atoms with van der Waals surface area (Å²) in [7, 11) is 2.01. The number of nitrogens with zero attached hydrogens (tertiary/aromatic N) is 2. The molecular formula is C14H16N2O2. The maximum atomic E-state index is 10.7. The molecule has 0 radical (unpaired) electrons. The third-order valence-corrected chi connectivity index (χ3v) is 2.55. The summed E-state index contributed by atoms with van der Waals surface area (Å²) < 4.78 is 0. The topological polar surface area (TPSA) is 64.3 Å². The van der Waals surface area contributed by atoms with E-state index in [0.717, 1.165) is 18.7 Å². The Morgan fingerprint density at radius 1 is 1.44 bits per heavy atom. The number of benzene rings is 1. The van der Waals surface area contributed by atoms with Crippen molar-refractivity contribution >= 4 is 17.7 Å². The fraction of sp³-hybridized carbons (Fsp3) is 0.286. The molecule has 1 aromatic carbocycles. The summed E-state index contributed by atoms with van der Waals surface area (Å²) in [5.74, 6) is -1.20. The molecule has 0 aliphatic heterocycles. The Morgan fingerprint density at radius 3 is 2.50 bits per heavy atom. The minimum Gasteiger partial charge on any atom is -0.477 e. The highest BCUT2D eigenvalue weighted by molar-refractivity contribution is 5.96. The number of hydrogen-bond donors (Lipinski definition) is 1. The van der Waals surface area contributed by atoms with Crippen LogP contribution >= 0.6 is 0 Å². The Hall–Kier alpha value is -2.28. The molecule has 4 nitrogen and oxygen atoms in total. The van der Waals surface area contributed by atoms with Crippen molar-refractivity contribution in [2.24, 2.45) is 0 Å². The van der Waals surface area contributed by atoms with Gasteiger partial charge in [0.25, 0.3) is 0 Å². The maximum Gasteiger partial charge on any atom is 0.346 e. The van der Waals surface area contributed by atoms with Crippen LogP contribution in [0.5, 0.6) is 0 Å². The van der Waals surface area contributed by atoms with Crippen LogP contribution in [0, 0.1) is 11.3 Å². The van der Waals surface area contributed by atoms with Crippen molar-refractivity contribution < 1.29 is 9.90 Å². The van der Waals surface area contributed by atoms with Crippen LogP contribution in [-0.4, -0.2) is 24.7 Å². The molecule has 0 bridgehead atoms. The first kappa shape index (κ1) is 13.8. The average molecular weight is 244 g/mol. The molecule has 0 spiro atoms. The number of carbonyl (C=O) groups is 1. The average Bonchev–Trinajstić information content (AvgIpc) is 2.36. The molecule has 1 N–H and O–H groups in total. The van der Waals surface area contributed by atoms with Gasteiger partial charge in [-0.3, -0.25) is 0 Å². The second-order valence-corrected chi connectivity index (χ2v) is 3.99. The van der Waals surface area contributed by atoms with Gasteiger partial charge in [-0.15, -0.1) is 0 Å². The largest absolute Gasteiger partial charge is 0.477 e. The lowest BCUT2D eigenvalue weighted by Crippen LogP contribution is -2.17. The Bertz CT molecular complexity index is 484. The van der Waals surface area contributed by atoms with Gasteiger partial charge in [-0.2, -0.15) is 5.26 Å². The number of carboxylic acid groups (broad SMARTS) is 1. The summed E-state index contributed by atoms with van der Waals surface area (Å²) in [6.07, 6.45) is 2.43. The zero-order chi connectivity index (χ0) is 13.5. The van der Waals surface area contributed by atoms with Crippen molar-refractivity contribution in [2.45, 2.75) is 13.3 Å². The van der Waals surface area contributed by atoms with Gasteiger partial charge in [-0.25, -0.2) is 4.79 Å². The summed E-state index contributed by atoms with van der Waals surface area (Å²) in [6.45, 7) is 3.08. The van der Waals surface area contributed by atoms with Gasteiger partial charge in [0.05, 0.1) is 0 Å². The van der Waals surface area contributed by atoms with Gasteiger partial charge < -0.3 is 10.0 Å². The van der Waals surface area contributed by atoms with Crippen molar-refractivity contribution in [3.05, 3.63) is 35.4 Å². The van der Waals surface area contributed by atoms with E-state index in [9.17, 15) is 4.79 Å². The van der Waals surface area contributed by atoms with Crippen LogP contribution in [0.2, 0.25) is 0 Å². The van der Waals surface area contributed by atoms with Gasteiger partial charge in [0.15, 0.2) is 0 Å². The molecule has 1 rings (SSSR count). The van der Waals surface area contributed by atoms with Crippen molar-refractivity contribution in [3.8, 4) is 6.07 Å². The quantitative estimate of drug-likeness (QED) is 0.638. The number of rotatable bonds is 5. The van der Waals surface area contributed by atoms with Gasteiger partial charge in [-0.05, 0) is 30.2 Å².